The summed E-state index contributed by atoms with van der Waals surface area (Å²) in [5.41, 5.74) is 2.76. The van der Waals surface area contributed by atoms with Crippen LogP contribution in [0, 0.1) is 6.08 Å². The molecule has 1 aliphatic carbocycles. The summed E-state index contributed by atoms with van der Waals surface area (Å²) in [4.78, 5) is 0. The minimum atomic E-state index is 0. The molecule has 89 valence electrons. The molecule has 0 heterocycles. The van der Waals surface area contributed by atoms with E-state index in [2.05, 4.69) is 62.4 Å². The molecular formula is C14H15Cl2Zr. The maximum atomic E-state index is 3.40. The van der Waals surface area contributed by atoms with Crippen molar-refractivity contribution < 1.29 is 51.0 Å². The fourth-order valence-corrected chi connectivity index (χ4v) is 1.84. The van der Waals surface area contributed by atoms with Crippen molar-refractivity contribution in [3.63, 3.8) is 0 Å². The minimum Gasteiger partial charge on any atom is -1.00 e. The minimum absolute atomic E-state index is 0. The zero-order valence-corrected chi connectivity index (χ0v) is 14.0. The molecule has 2 rings (SSSR count). The van der Waals surface area contributed by atoms with Crippen LogP contribution in [-0.4, -0.2) is 0 Å². The van der Waals surface area contributed by atoms with Gasteiger partial charge in [0.05, 0.1) is 0 Å². The van der Waals surface area contributed by atoms with E-state index < -0.39 is 0 Å². The van der Waals surface area contributed by atoms with Crippen LogP contribution < -0.4 is 24.8 Å². The summed E-state index contributed by atoms with van der Waals surface area (Å²) in [7, 11) is 0. The number of hydrogen-bond donors (Lipinski definition) is 0. The van der Waals surface area contributed by atoms with Gasteiger partial charge in [-0.05, 0) is 11.0 Å². The van der Waals surface area contributed by atoms with E-state index in [1.807, 2.05) is 0 Å². The van der Waals surface area contributed by atoms with Gasteiger partial charge in [-0.2, -0.15) is 6.08 Å². The molecule has 1 radical (unpaired) electrons. The number of hydrogen-bond acceptors (Lipinski definition) is 0. The Balaban J connectivity index is 0. The van der Waals surface area contributed by atoms with Crippen molar-refractivity contribution in [2.45, 2.75) is 25.7 Å². The van der Waals surface area contributed by atoms with E-state index in [9.17, 15) is 0 Å². The van der Waals surface area contributed by atoms with Crippen LogP contribution in [0.3, 0.4) is 0 Å². The molecule has 0 saturated heterocycles. The topological polar surface area (TPSA) is 0 Å². The third kappa shape index (κ3) is 4.39. The molecule has 0 bridgehead atoms. The van der Waals surface area contributed by atoms with Gasteiger partial charge in [0.25, 0.3) is 0 Å². The molecule has 17 heavy (non-hydrogen) atoms. The number of halogens is 2. The normalized spacial score (nSPS) is 12.9. The molecule has 0 N–H and O–H groups in total. The van der Waals surface area contributed by atoms with Crippen LogP contribution in [0.1, 0.15) is 25.8 Å². The molecule has 0 fully saturated rings. The summed E-state index contributed by atoms with van der Waals surface area (Å²) in [6.45, 7) is 4.50. The summed E-state index contributed by atoms with van der Waals surface area (Å²) in [6, 6.07) is 10.6. The SMILES string of the molecule is CC(C)(C1=[C-]CC=C1)c1ccccc1.[Cl-].[Cl-].[Zr+3]. The summed E-state index contributed by atoms with van der Waals surface area (Å²) in [5, 5.41) is 0. The van der Waals surface area contributed by atoms with Crippen LogP contribution >= 0.6 is 0 Å². The van der Waals surface area contributed by atoms with Crippen LogP contribution in [0.2, 0.25) is 0 Å². The fraction of sp³-hybridized carbons (Fsp3) is 0.286. The average Bonchev–Trinajstić information content (AvgIpc) is 2.72. The van der Waals surface area contributed by atoms with Gasteiger partial charge in [0, 0.05) is 0 Å². The van der Waals surface area contributed by atoms with Crippen molar-refractivity contribution in [2.24, 2.45) is 0 Å². The third-order valence-electron chi connectivity index (χ3n) is 2.86. The monoisotopic (exact) mass is 343 g/mol. The van der Waals surface area contributed by atoms with Crippen LogP contribution in [0.25, 0.3) is 0 Å². The van der Waals surface area contributed by atoms with Crippen molar-refractivity contribution in [2.75, 3.05) is 0 Å². The number of benzene rings is 1. The zero-order valence-electron chi connectivity index (χ0n) is 10.0. The molecule has 1 aromatic rings. The van der Waals surface area contributed by atoms with Gasteiger partial charge in [-0.3, -0.25) is 6.08 Å². The molecule has 0 unspecified atom stereocenters. The molecule has 0 aromatic heterocycles. The Morgan fingerprint density at radius 3 is 2.12 bits per heavy atom. The van der Waals surface area contributed by atoms with Crippen molar-refractivity contribution >= 4 is 0 Å². The van der Waals surface area contributed by atoms with Crippen LogP contribution in [-0.2, 0) is 31.6 Å². The van der Waals surface area contributed by atoms with E-state index >= 15 is 0 Å². The predicted octanol–water partition coefficient (Wildman–Crippen LogP) is -2.34. The summed E-state index contributed by atoms with van der Waals surface area (Å²) in [5.74, 6) is 0. The molecule has 0 spiro atoms. The molecule has 0 nitrogen and oxygen atoms in total. The first-order valence-corrected chi connectivity index (χ1v) is 5.04. The second kappa shape index (κ2) is 8.30. The second-order valence-corrected chi connectivity index (χ2v) is 4.19. The van der Waals surface area contributed by atoms with Gasteiger partial charge in [0.15, 0.2) is 0 Å². The fourth-order valence-electron chi connectivity index (χ4n) is 1.84. The first kappa shape index (κ1) is 19.5. The summed E-state index contributed by atoms with van der Waals surface area (Å²) >= 11 is 0. The van der Waals surface area contributed by atoms with Gasteiger partial charge in [-0.1, -0.05) is 44.2 Å². The van der Waals surface area contributed by atoms with Crippen molar-refractivity contribution in [1.29, 1.82) is 0 Å². The van der Waals surface area contributed by atoms with Crippen molar-refractivity contribution in [3.05, 3.63) is 59.7 Å². The standard InChI is InChI=1S/C14H15.2ClH.Zr/c1-14(2,13-10-6-7-11-13)12-8-4-3-5-9-12;;;/h3-6,8-10H,7H2,1-2H3;2*1H;/q-1;;;+3/p-2. The Morgan fingerprint density at radius 1 is 1.06 bits per heavy atom. The average molecular weight is 345 g/mol. The smallest absolute Gasteiger partial charge is 1.00 e. The summed E-state index contributed by atoms with van der Waals surface area (Å²) in [6.07, 6.45) is 8.72. The molecule has 1 aliphatic rings. The second-order valence-electron chi connectivity index (χ2n) is 4.19. The van der Waals surface area contributed by atoms with Gasteiger partial charge >= 0.3 is 26.2 Å². The quantitative estimate of drug-likeness (QED) is 0.527. The molecule has 0 aliphatic heterocycles. The van der Waals surface area contributed by atoms with E-state index in [0.29, 0.717) is 0 Å². The van der Waals surface area contributed by atoms with Gasteiger partial charge in [0.2, 0.25) is 0 Å². The Morgan fingerprint density at radius 2 is 1.65 bits per heavy atom. The van der Waals surface area contributed by atoms with Crippen LogP contribution in [0.15, 0.2) is 48.1 Å². The van der Waals surface area contributed by atoms with Crippen molar-refractivity contribution in [3.8, 4) is 0 Å². The third-order valence-corrected chi connectivity index (χ3v) is 2.86. The van der Waals surface area contributed by atoms with Gasteiger partial charge < -0.3 is 24.8 Å². The van der Waals surface area contributed by atoms with Crippen LogP contribution in [0.5, 0.6) is 0 Å². The maximum absolute atomic E-state index is 3.40. The first-order chi connectivity index (χ1) is 6.71. The van der Waals surface area contributed by atoms with E-state index in [0.717, 1.165) is 6.42 Å². The molecular weight excluding hydrogens is 330 g/mol. The van der Waals surface area contributed by atoms with E-state index in [4.69, 9.17) is 0 Å². The van der Waals surface area contributed by atoms with Gasteiger partial charge in [-0.15, -0.1) is 6.42 Å². The summed E-state index contributed by atoms with van der Waals surface area (Å²) < 4.78 is 0. The Kier molecular flexibility index (Phi) is 9.52. The Labute approximate surface area is 136 Å². The van der Waals surface area contributed by atoms with E-state index in [-0.39, 0.29) is 56.4 Å². The molecule has 1 aromatic carbocycles. The van der Waals surface area contributed by atoms with Gasteiger partial charge in [-0.25, -0.2) is 11.6 Å². The number of rotatable bonds is 2. The van der Waals surface area contributed by atoms with E-state index in [1.165, 1.54) is 11.1 Å². The van der Waals surface area contributed by atoms with Crippen LogP contribution in [0.4, 0.5) is 0 Å². The Hall–Kier alpha value is 0.163. The predicted molar refractivity (Wildman–Crippen MR) is 60.0 cm³/mol. The molecule has 3 heteroatoms. The largest absolute Gasteiger partial charge is 3.00 e. The van der Waals surface area contributed by atoms with E-state index in [1.54, 1.807) is 0 Å². The maximum Gasteiger partial charge on any atom is 3.00 e. The van der Waals surface area contributed by atoms with Gasteiger partial charge in [0.1, 0.15) is 0 Å². The molecule has 0 atom stereocenters. The Bertz CT molecular complexity index is 380. The molecule has 0 amide bonds. The van der Waals surface area contributed by atoms with Crippen molar-refractivity contribution in [1.82, 2.24) is 0 Å². The molecule has 0 saturated carbocycles. The zero-order chi connectivity index (χ0) is 10.0. The number of allylic oxidation sites excluding steroid dienone is 4. The first-order valence-electron chi connectivity index (χ1n) is 5.04.